The van der Waals surface area contributed by atoms with Gasteiger partial charge in [-0.2, -0.15) is 0 Å². The number of nitrogens with one attached hydrogen (secondary N) is 1. The van der Waals surface area contributed by atoms with Crippen molar-refractivity contribution in [3.05, 3.63) is 120 Å². The Morgan fingerprint density at radius 1 is 0.645 bits per heavy atom. The molecule has 1 aliphatic rings. The van der Waals surface area contributed by atoms with Gasteiger partial charge in [-0.25, -0.2) is 0 Å². The van der Waals surface area contributed by atoms with E-state index in [0.717, 1.165) is 16.9 Å². The molecule has 0 saturated heterocycles. The Kier molecular flexibility index (Phi) is 4.17. The fourth-order valence-electron chi connectivity index (χ4n) is 4.41. The predicted molar refractivity (Wildman–Crippen MR) is 130 cm³/mol. The van der Waals surface area contributed by atoms with E-state index in [1.54, 1.807) is 0 Å². The Morgan fingerprint density at radius 2 is 1.26 bits per heavy atom. The minimum atomic E-state index is -0.0904. The number of benzene rings is 4. The van der Waals surface area contributed by atoms with Crippen LogP contribution in [0.5, 0.6) is 0 Å². The zero-order valence-electron chi connectivity index (χ0n) is 16.9. The number of para-hydroxylation sites is 2. The maximum Gasteiger partial charge on any atom is 0.144 e. The molecule has 148 valence electrons. The van der Waals surface area contributed by atoms with Crippen LogP contribution in [0, 0.1) is 0 Å². The van der Waals surface area contributed by atoms with Crippen molar-refractivity contribution in [2.24, 2.45) is 4.99 Å². The first-order valence-corrected chi connectivity index (χ1v) is 10.5. The van der Waals surface area contributed by atoms with Crippen LogP contribution in [0.2, 0.25) is 0 Å². The van der Waals surface area contributed by atoms with Gasteiger partial charge in [-0.15, -0.1) is 0 Å². The first-order chi connectivity index (χ1) is 15.4. The van der Waals surface area contributed by atoms with Crippen LogP contribution < -0.4 is 5.32 Å². The lowest BCUT2D eigenvalue weighted by Gasteiger charge is -2.22. The van der Waals surface area contributed by atoms with Crippen molar-refractivity contribution >= 4 is 33.7 Å². The summed E-state index contributed by atoms with van der Waals surface area (Å²) < 4.78 is 2.33. The summed E-state index contributed by atoms with van der Waals surface area (Å²) in [6.45, 7) is 0. The van der Waals surface area contributed by atoms with Crippen LogP contribution in [0.25, 0.3) is 33.2 Å². The zero-order valence-corrected chi connectivity index (χ0v) is 16.9. The summed E-state index contributed by atoms with van der Waals surface area (Å²) in [6, 6.07) is 36.3. The average Bonchev–Trinajstić information content (AvgIpc) is 3.19. The lowest BCUT2D eigenvalue weighted by Crippen LogP contribution is -2.21. The summed E-state index contributed by atoms with van der Waals surface area (Å²) in [7, 11) is 0. The Balaban J connectivity index is 1.37. The standard InChI is InChI=1S/C28H21N3/c1-2-8-20(9-3-1)25-18-19-29-28(30-25)21-14-16-22(17-15-21)31-26-12-6-4-10-23(26)24-11-5-7-13-27(24)31/h1-19,28,30H. The highest BCUT2D eigenvalue weighted by molar-refractivity contribution is 6.09. The van der Waals surface area contributed by atoms with E-state index in [0.29, 0.717) is 0 Å². The molecule has 0 aliphatic carbocycles. The molecule has 0 saturated carbocycles. The number of fused-ring (bicyclic) bond motifs is 3. The molecule has 1 unspecified atom stereocenters. The Labute approximate surface area is 181 Å². The summed E-state index contributed by atoms with van der Waals surface area (Å²) in [4.78, 5) is 4.65. The molecule has 31 heavy (non-hydrogen) atoms. The van der Waals surface area contributed by atoms with Crippen LogP contribution in [0.1, 0.15) is 17.3 Å². The maximum atomic E-state index is 4.65. The Hall–Kier alpha value is -4.11. The van der Waals surface area contributed by atoms with E-state index in [1.165, 1.54) is 27.4 Å². The number of hydrogen-bond donors (Lipinski definition) is 1. The van der Waals surface area contributed by atoms with Crippen LogP contribution in [0.15, 0.2) is 114 Å². The van der Waals surface area contributed by atoms with Crippen molar-refractivity contribution in [1.82, 2.24) is 9.88 Å². The second-order valence-corrected chi connectivity index (χ2v) is 7.75. The molecule has 1 aliphatic heterocycles. The quantitative estimate of drug-likeness (QED) is 0.369. The number of nitrogens with zero attached hydrogens (tertiary/aromatic N) is 2. The van der Waals surface area contributed by atoms with Gasteiger partial charge in [-0.05, 0) is 41.5 Å². The highest BCUT2D eigenvalue weighted by Gasteiger charge is 2.16. The highest BCUT2D eigenvalue weighted by Crippen LogP contribution is 2.32. The topological polar surface area (TPSA) is 29.3 Å². The van der Waals surface area contributed by atoms with E-state index in [4.69, 9.17) is 0 Å². The lowest BCUT2D eigenvalue weighted by molar-refractivity contribution is 0.667. The minimum absolute atomic E-state index is 0.0904. The number of rotatable bonds is 3. The van der Waals surface area contributed by atoms with Crippen molar-refractivity contribution in [3.8, 4) is 5.69 Å². The summed E-state index contributed by atoms with van der Waals surface area (Å²) in [5.74, 6) is 0. The second kappa shape index (κ2) is 7.29. The van der Waals surface area contributed by atoms with Crippen LogP contribution in [-0.2, 0) is 0 Å². The third-order valence-electron chi connectivity index (χ3n) is 5.90. The van der Waals surface area contributed by atoms with Gasteiger partial charge in [0.1, 0.15) is 6.17 Å². The maximum absolute atomic E-state index is 4.65. The Morgan fingerprint density at radius 3 is 1.94 bits per heavy atom. The first-order valence-electron chi connectivity index (χ1n) is 10.5. The third-order valence-corrected chi connectivity index (χ3v) is 5.90. The Bertz CT molecular complexity index is 1390. The van der Waals surface area contributed by atoms with Crippen LogP contribution >= 0.6 is 0 Å². The molecule has 0 bridgehead atoms. The molecule has 6 rings (SSSR count). The number of hydrogen-bond acceptors (Lipinski definition) is 2. The lowest BCUT2D eigenvalue weighted by atomic mass is 10.1. The normalized spacial score (nSPS) is 15.7. The monoisotopic (exact) mass is 399 g/mol. The van der Waals surface area contributed by atoms with E-state index in [1.807, 2.05) is 18.4 Å². The number of aromatic nitrogens is 1. The summed E-state index contributed by atoms with van der Waals surface area (Å²) in [5.41, 5.74) is 6.99. The van der Waals surface area contributed by atoms with Crippen LogP contribution in [0.3, 0.4) is 0 Å². The van der Waals surface area contributed by atoms with E-state index in [9.17, 15) is 0 Å². The largest absolute Gasteiger partial charge is 0.360 e. The molecule has 1 N–H and O–H groups in total. The van der Waals surface area contributed by atoms with Gasteiger partial charge >= 0.3 is 0 Å². The first kappa shape index (κ1) is 17.7. The van der Waals surface area contributed by atoms with Gasteiger partial charge in [0, 0.05) is 28.4 Å². The van der Waals surface area contributed by atoms with Gasteiger partial charge in [0.05, 0.1) is 11.0 Å². The van der Waals surface area contributed by atoms with E-state index in [-0.39, 0.29) is 6.17 Å². The average molecular weight is 399 g/mol. The molecule has 5 aromatic rings. The summed E-state index contributed by atoms with van der Waals surface area (Å²) >= 11 is 0. The summed E-state index contributed by atoms with van der Waals surface area (Å²) in [6.07, 6.45) is 3.83. The number of aliphatic imine (C=N–C) groups is 1. The fourth-order valence-corrected chi connectivity index (χ4v) is 4.41. The molecule has 3 nitrogen and oxygen atoms in total. The molecule has 1 atom stereocenters. The molecule has 1 aromatic heterocycles. The molecule has 3 heteroatoms. The molecule has 0 fully saturated rings. The van der Waals surface area contributed by atoms with Crippen molar-refractivity contribution in [2.45, 2.75) is 6.17 Å². The third kappa shape index (κ3) is 3.03. The van der Waals surface area contributed by atoms with Crippen molar-refractivity contribution in [1.29, 1.82) is 0 Å². The van der Waals surface area contributed by atoms with Crippen molar-refractivity contribution in [3.63, 3.8) is 0 Å². The van der Waals surface area contributed by atoms with Gasteiger partial charge in [0.15, 0.2) is 0 Å². The SMILES string of the molecule is C1=NC(c2ccc(-n3c4ccccc4c4ccccc43)cc2)NC(c2ccccc2)=C1. The van der Waals surface area contributed by atoms with Crippen LogP contribution in [0.4, 0.5) is 0 Å². The van der Waals surface area contributed by atoms with E-state index >= 15 is 0 Å². The van der Waals surface area contributed by atoms with Crippen molar-refractivity contribution < 1.29 is 0 Å². The molecule has 0 spiro atoms. The fraction of sp³-hybridized carbons (Fsp3) is 0.0357. The van der Waals surface area contributed by atoms with Crippen LogP contribution in [-0.4, -0.2) is 10.8 Å². The van der Waals surface area contributed by atoms with Crippen molar-refractivity contribution in [2.75, 3.05) is 0 Å². The minimum Gasteiger partial charge on any atom is -0.360 e. The van der Waals surface area contributed by atoms with Gasteiger partial charge in [0.2, 0.25) is 0 Å². The smallest absolute Gasteiger partial charge is 0.144 e. The van der Waals surface area contributed by atoms with Gasteiger partial charge in [0.25, 0.3) is 0 Å². The second-order valence-electron chi connectivity index (χ2n) is 7.75. The van der Waals surface area contributed by atoms with E-state index < -0.39 is 0 Å². The molecule has 4 aromatic carbocycles. The molecular weight excluding hydrogens is 378 g/mol. The summed E-state index contributed by atoms with van der Waals surface area (Å²) in [5, 5.41) is 6.11. The molecular formula is C28H21N3. The molecule has 2 heterocycles. The molecule has 0 radical (unpaired) electrons. The number of allylic oxidation sites excluding steroid dienone is 1. The molecule has 0 amide bonds. The van der Waals surface area contributed by atoms with Gasteiger partial charge < -0.3 is 9.88 Å². The van der Waals surface area contributed by atoms with E-state index in [2.05, 4.69) is 112 Å². The van der Waals surface area contributed by atoms with Gasteiger partial charge in [-0.1, -0.05) is 78.9 Å². The highest BCUT2D eigenvalue weighted by atomic mass is 15.1. The zero-order chi connectivity index (χ0) is 20.6. The predicted octanol–water partition coefficient (Wildman–Crippen LogP) is 6.50. The van der Waals surface area contributed by atoms with Gasteiger partial charge in [-0.3, -0.25) is 4.99 Å².